The number of hydrogen-bond acceptors (Lipinski definition) is 4. The van der Waals surface area contributed by atoms with Gasteiger partial charge in [-0.1, -0.05) is 17.7 Å². The highest BCUT2D eigenvalue weighted by Gasteiger charge is 2.17. The highest BCUT2D eigenvalue weighted by molar-refractivity contribution is 6.16. The minimum Gasteiger partial charge on any atom is -0.496 e. The Morgan fingerprint density at radius 3 is 2.67 bits per heavy atom. The summed E-state index contributed by atoms with van der Waals surface area (Å²) in [7, 11) is 1.56. The van der Waals surface area contributed by atoms with Crippen molar-refractivity contribution < 1.29 is 9.53 Å². The molecule has 0 aliphatic carbocycles. The number of benzene rings is 2. The molecule has 1 heterocycles. The smallest absolute Gasteiger partial charge is 0.199 e. The average Bonchev–Trinajstić information content (AvgIpc) is 2.53. The predicted octanol–water partition coefficient (Wildman–Crippen LogP) is 3.18. The number of carbonyl (C=O) groups is 1. The van der Waals surface area contributed by atoms with E-state index in [1.807, 2.05) is 31.2 Å². The zero-order valence-corrected chi connectivity index (χ0v) is 11.8. The van der Waals surface area contributed by atoms with E-state index in [1.165, 1.54) is 0 Å². The van der Waals surface area contributed by atoms with Crippen LogP contribution in [-0.4, -0.2) is 22.9 Å². The Morgan fingerprint density at radius 2 is 1.86 bits per heavy atom. The molecular weight excluding hydrogens is 264 g/mol. The van der Waals surface area contributed by atoms with Gasteiger partial charge < -0.3 is 4.74 Å². The van der Waals surface area contributed by atoms with Crippen LogP contribution in [0.5, 0.6) is 5.75 Å². The molecular formula is C17H14N2O2. The molecule has 2 aromatic carbocycles. The highest BCUT2D eigenvalue weighted by atomic mass is 16.5. The van der Waals surface area contributed by atoms with E-state index in [0.717, 1.165) is 5.56 Å². The van der Waals surface area contributed by atoms with Crippen molar-refractivity contribution in [1.82, 2.24) is 9.97 Å². The Labute approximate surface area is 122 Å². The van der Waals surface area contributed by atoms with Gasteiger partial charge in [0, 0.05) is 12.4 Å². The van der Waals surface area contributed by atoms with Gasteiger partial charge in [-0.25, -0.2) is 0 Å². The van der Waals surface area contributed by atoms with Crippen LogP contribution in [0.3, 0.4) is 0 Å². The van der Waals surface area contributed by atoms with Gasteiger partial charge in [-0.15, -0.1) is 0 Å². The van der Waals surface area contributed by atoms with E-state index in [4.69, 9.17) is 4.74 Å². The van der Waals surface area contributed by atoms with E-state index < -0.39 is 0 Å². The van der Waals surface area contributed by atoms with Gasteiger partial charge in [0.25, 0.3) is 0 Å². The number of methoxy groups -OCH3 is 1. The van der Waals surface area contributed by atoms with E-state index >= 15 is 0 Å². The Bertz CT molecular complexity index is 823. The number of ether oxygens (including phenoxy) is 1. The molecule has 4 nitrogen and oxygen atoms in total. The maximum absolute atomic E-state index is 12.8. The molecule has 21 heavy (non-hydrogen) atoms. The predicted molar refractivity (Wildman–Crippen MR) is 80.7 cm³/mol. The van der Waals surface area contributed by atoms with Gasteiger partial charge >= 0.3 is 0 Å². The number of aryl methyl sites for hydroxylation is 1. The first-order valence-corrected chi connectivity index (χ1v) is 6.60. The fourth-order valence-corrected chi connectivity index (χ4v) is 2.32. The largest absolute Gasteiger partial charge is 0.496 e. The summed E-state index contributed by atoms with van der Waals surface area (Å²) in [5.74, 6) is 0.452. The van der Waals surface area contributed by atoms with Gasteiger partial charge in [0.05, 0.1) is 29.3 Å². The lowest BCUT2D eigenvalue weighted by atomic mass is 9.99. The van der Waals surface area contributed by atoms with Crippen molar-refractivity contribution in [2.75, 3.05) is 7.11 Å². The van der Waals surface area contributed by atoms with Crippen molar-refractivity contribution >= 4 is 16.8 Å². The number of ketones is 1. The van der Waals surface area contributed by atoms with E-state index in [1.54, 1.807) is 31.6 Å². The minimum atomic E-state index is -0.110. The summed E-state index contributed by atoms with van der Waals surface area (Å²) >= 11 is 0. The number of rotatable bonds is 3. The van der Waals surface area contributed by atoms with Crippen molar-refractivity contribution in [2.24, 2.45) is 0 Å². The first-order chi connectivity index (χ1) is 10.2. The summed E-state index contributed by atoms with van der Waals surface area (Å²) < 4.78 is 5.30. The molecule has 0 fully saturated rings. The molecule has 0 radical (unpaired) electrons. The lowest BCUT2D eigenvalue weighted by Gasteiger charge is -2.09. The first-order valence-electron chi connectivity index (χ1n) is 6.60. The third-order valence-electron chi connectivity index (χ3n) is 3.34. The summed E-state index contributed by atoms with van der Waals surface area (Å²) in [5.41, 5.74) is 3.38. The average molecular weight is 278 g/mol. The van der Waals surface area contributed by atoms with E-state index in [9.17, 15) is 4.79 Å². The van der Waals surface area contributed by atoms with Crippen LogP contribution in [0.15, 0.2) is 48.8 Å². The SMILES string of the molecule is COc1ccc(C)cc1C(=O)c1cccc2nccnc12. The molecule has 0 atom stereocenters. The zero-order chi connectivity index (χ0) is 14.8. The van der Waals surface area contributed by atoms with Gasteiger partial charge in [-0.3, -0.25) is 14.8 Å². The van der Waals surface area contributed by atoms with Crippen LogP contribution in [0.25, 0.3) is 11.0 Å². The van der Waals surface area contributed by atoms with Crippen LogP contribution < -0.4 is 4.74 Å². The van der Waals surface area contributed by atoms with Crippen LogP contribution in [-0.2, 0) is 0 Å². The second-order valence-electron chi connectivity index (χ2n) is 4.76. The molecule has 0 saturated heterocycles. The Balaban J connectivity index is 2.20. The molecule has 0 amide bonds. The monoisotopic (exact) mass is 278 g/mol. The molecule has 0 aliphatic rings. The minimum absolute atomic E-state index is 0.110. The van der Waals surface area contributed by atoms with Crippen molar-refractivity contribution in [3.63, 3.8) is 0 Å². The molecule has 0 N–H and O–H groups in total. The molecule has 3 rings (SSSR count). The van der Waals surface area contributed by atoms with Crippen molar-refractivity contribution in [3.8, 4) is 5.75 Å². The summed E-state index contributed by atoms with van der Waals surface area (Å²) in [6.45, 7) is 1.94. The van der Waals surface area contributed by atoms with E-state index in [0.29, 0.717) is 27.9 Å². The topological polar surface area (TPSA) is 52.1 Å². The number of fused-ring (bicyclic) bond motifs is 1. The molecule has 3 aromatic rings. The summed E-state index contributed by atoms with van der Waals surface area (Å²) in [6, 6.07) is 11.0. The van der Waals surface area contributed by atoms with Crippen molar-refractivity contribution in [2.45, 2.75) is 6.92 Å². The fraction of sp³-hybridized carbons (Fsp3) is 0.118. The summed E-state index contributed by atoms with van der Waals surface area (Å²) in [5, 5.41) is 0. The number of para-hydroxylation sites is 1. The number of aromatic nitrogens is 2. The molecule has 0 aliphatic heterocycles. The van der Waals surface area contributed by atoms with Gasteiger partial charge in [-0.05, 0) is 31.2 Å². The Hall–Kier alpha value is -2.75. The molecule has 0 saturated carbocycles. The number of carbonyl (C=O) groups excluding carboxylic acids is 1. The normalized spacial score (nSPS) is 10.6. The van der Waals surface area contributed by atoms with Crippen molar-refractivity contribution in [1.29, 1.82) is 0 Å². The maximum atomic E-state index is 12.8. The lowest BCUT2D eigenvalue weighted by Crippen LogP contribution is -2.06. The van der Waals surface area contributed by atoms with E-state index in [2.05, 4.69) is 9.97 Å². The van der Waals surface area contributed by atoms with Crippen LogP contribution in [0.4, 0.5) is 0 Å². The number of hydrogen-bond donors (Lipinski definition) is 0. The number of nitrogens with zero attached hydrogens (tertiary/aromatic N) is 2. The summed E-state index contributed by atoms with van der Waals surface area (Å²) in [6.07, 6.45) is 3.20. The molecule has 104 valence electrons. The fourth-order valence-electron chi connectivity index (χ4n) is 2.32. The molecule has 1 aromatic heterocycles. The third-order valence-corrected chi connectivity index (χ3v) is 3.34. The Kier molecular flexibility index (Phi) is 3.36. The van der Waals surface area contributed by atoms with Crippen LogP contribution >= 0.6 is 0 Å². The zero-order valence-electron chi connectivity index (χ0n) is 11.8. The molecule has 4 heteroatoms. The first kappa shape index (κ1) is 13.2. The quantitative estimate of drug-likeness (QED) is 0.690. The standard InChI is InChI=1S/C17H14N2O2/c1-11-6-7-15(21-2)13(10-11)17(20)12-4-3-5-14-16(12)19-9-8-18-14/h3-10H,1-2H3. The lowest BCUT2D eigenvalue weighted by molar-refractivity contribution is 0.103. The molecule has 0 bridgehead atoms. The second-order valence-corrected chi connectivity index (χ2v) is 4.76. The molecule has 0 spiro atoms. The molecule has 0 unspecified atom stereocenters. The van der Waals surface area contributed by atoms with Crippen molar-refractivity contribution in [3.05, 3.63) is 65.5 Å². The van der Waals surface area contributed by atoms with Gasteiger partial charge in [-0.2, -0.15) is 0 Å². The maximum Gasteiger partial charge on any atom is 0.199 e. The van der Waals surface area contributed by atoms with Crippen LogP contribution in [0.2, 0.25) is 0 Å². The Morgan fingerprint density at radius 1 is 1.05 bits per heavy atom. The van der Waals surface area contributed by atoms with Crippen LogP contribution in [0.1, 0.15) is 21.5 Å². The van der Waals surface area contributed by atoms with Gasteiger partial charge in [0.15, 0.2) is 5.78 Å². The summed E-state index contributed by atoms with van der Waals surface area (Å²) in [4.78, 5) is 21.4. The van der Waals surface area contributed by atoms with Crippen LogP contribution in [0, 0.1) is 6.92 Å². The van der Waals surface area contributed by atoms with E-state index in [-0.39, 0.29) is 5.78 Å². The van der Waals surface area contributed by atoms with Gasteiger partial charge in [0.1, 0.15) is 5.75 Å². The second kappa shape index (κ2) is 5.32. The van der Waals surface area contributed by atoms with Gasteiger partial charge in [0.2, 0.25) is 0 Å². The highest BCUT2D eigenvalue weighted by Crippen LogP contribution is 2.25. The third kappa shape index (κ3) is 2.36.